The summed E-state index contributed by atoms with van der Waals surface area (Å²) >= 11 is 0. The average molecular weight is 341 g/mol. The molecule has 0 aliphatic heterocycles. The number of esters is 1. The quantitative estimate of drug-likeness (QED) is 0.488. The fourth-order valence-corrected chi connectivity index (χ4v) is 2.45. The van der Waals surface area contributed by atoms with Crippen LogP contribution < -0.4 is 10.5 Å². The van der Waals surface area contributed by atoms with Crippen molar-refractivity contribution in [1.29, 1.82) is 0 Å². The fraction of sp³-hybridized carbons (Fsp3) is 0.263. The van der Waals surface area contributed by atoms with Crippen LogP contribution in [-0.4, -0.2) is 23.8 Å². The van der Waals surface area contributed by atoms with Gasteiger partial charge in [-0.05, 0) is 31.2 Å². The van der Waals surface area contributed by atoms with E-state index >= 15 is 0 Å². The molecule has 3 aromatic rings. The first kappa shape index (κ1) is 16.8. The average Bonchev–Trinajstić information content (AvgIpc) is 2.93. The monoisotopic (exact) mass is 341 g/mol. The summed E-state index contributed by atoms with van der Waals surface area (Å²) in [6.07, 6.45) is 0.0912. The lowest BCUT2D eigenvalue weighted by molar-refractivity contribution is -0.144. The Morgan fingerprint density at radius 3 is 2.64 bits per heavy atom. The number of hydrogen-bond acceptors (Lipinski definition) is 5. The molecule has 130 valence electrons. The maximum atomic E-state index is 11.8. The van der Waals surface area contributed by atoms with Crippen LogP contribution in [0.1, 0.15) is 12.0 Å². The molecule has 0 spiro atoms. The van der Waals surface area contributed by atoms with Gasteiger partial charge in [0.15, 0.2) is 5.58 Å². The van der Waals surface area contributed by atoms with Gasteiger partial charge >= 0.3 is 11.7 Å². The normalized spacial score (nSPS) is 10.8. The minimum Gasteiger partial charge on any atom is -0.490 e. The van der Waals surface area contributed by atoms with Gasteiger partial charge in [-0.15, -0.1) is 0 Å². The molecule has 0 aliphatic rings. The molecule has 0 amide bonds. The number of oxazole rings is 1. The second kappa shape index (κ2) is 7.70. The third kappa shape index (κ3) is 4.29. The molecule has 0 saturated carbocycles. The second-order valence-corrected chi connectivity index (χ2v) is 5.62. The number of carbonyl (C=O) groups excluding carboxylic acids is 1. The number of fused-ring (bicyclic) bond motifs is 1. The first-order valence-electron chi connectivity index (χ1n) is 8.07. The number of benzene rings is 2. The smallest absolute Gasteiger partial charge is 0.419 e. The van der Waals surface area contributed by atoms with Crippen LogP contribution in [0.5, 0.6) is 5.75 Å². The zero-order chi connectivity index (χ0) is 17.6. The van der Waals surface area contributed by atoms with E-state index in [1.165, 1.54) is 4.57 Å². The molecular formula is C19H19NO5. The molecule has 0 N–H and O–H groups in total. The summed E-state index contributed by atoms with van der Waals surface area (Å²) in [6.45, 7) is 2.66. The first-order valence-corrected chi connectivity index (χ1v) is 8.07. The largest absolute Gasteiger partial charge is 0.490 e. The molecule has 0 unspecified atom stereocenters. The highest BCUT2D eigenvalue weighted by Crippen LogP contribution is 2.12. The Bertz CT molecular complexity index is 907. The van der Waals surface area contributed by atoms with E-state index in [0.29, 0.717) is 11.1 Å². The Hall–Kier alpha value is -3.02. The van der Waals surface area contributed by atoms with Crippen LogP contribution in [-0.2, 0) is 16.1 Å². The third-order valence-corrected chi connectivity index (χ3v) is 3.75. The van der Waals surface area contributed by atoms with E-state index in [1.54, 1.807) is 18.2 Å². The van der Waals surface area contributed by atoms with Crippen LogP contribution >= 0.6 is 0 Å². The number of aryl methyl sites for hydroxylation is 2. The van der Waals surface area contributed by atoms with E-state index < -0.39 is 5.76 Å². The molecule has 0 bridgehead atoms. The molecular weight excluding hydrogens is 322 g/mol. The maximum absolute atomic E-state index is 11.8. The van der Waals surface area contributed by atoms with E-state index in [-0.39, 0.29) is 32.1 Å². The first-order chi connectivity index (χ1) is 12.1. The Kier molecular flexibility index (Phi) is 5.18. The van der Waals surface area contributed by atoms with E-state index in [0.717, 1.165) is 11.3 Å². The molecule has 6 heteroatoms. The van der Waals surface area contributed by atoms with Crippen LogP contribution in [0.25, 0.3) is 11.1 Å². The van der Waals surface area contributed by atoms with Crippen molar-refractivity contribution in [2.45, 2.75) is 19.9 Å². The molecule has 0 radical (unpaired) electrons. The predicted octanol–water partition coefficient (Wildman–Crippen LogP) is 2.92. The van der Waals surface area contributed by atoms with Crippen molar-refractivity contribution >= 4 is 17.1 Å². The van der Waals surface area contributed by atoms with E-state index in [1.807, 2.05) is 37.3 Å². The number of para-hydroxylation sites is 2. The molecule has 3 rings (SSSR count). The lowest BCUT2D eigenvalue weighted by Crippen LogP contribution is -2.18. The van der Waals surface area contributed by atoms with Gasteiger partial charge in [0.1, 0.15) is 19.0 Å². The summed E-state index contributed by atoms with van der Waals surface area (Å²) < 4.78 is 17.2. The van der Waals surface area contributed by atoms with Crippen molar-refractivity contribution in [2.75, 3.05) is 13.2 Å². The fourth-order valence-electron chi connectivity index (χ4n) is 2.45. The molecule has 0 fully saturated rings. The van der Waals surface area contributed by atoms with Gasteiger partial charge in [-0.2, -0.15) is 0 Å². The molecule has 25 heavy (non-hydrogen) atoms. The lowest BCUT2D eigenvalue weighted by Gasteiger charge is -2.08. The van der Waals surface area contributed by atoms with Gasteiger partial charge in [0.2, 0.25) is 0 Å². The van der Waals surface area contributed by atoms with Gasteiger partial charge in [-0.25, -0.2) is 4.79 Å². The van der Waals surface area contributed by atoms with Crippen molar-refractivity contribution in [2.24, 2.45) is 0 Å². The number of rotatable bonds is 7. The minimum absolute atomic E-state index is 0.0912. The van der Waals surface area contributed by atoms with Crippen LogP contribution in [0.2, 0.25) is 0 Å². The summed E-state index contributed by atoms with van der Waals surface area (Å²) in [7, 11) is 0. The molecule has 6 nitrogen and oxygen atoms in total. The third-order valence-electron chi connectivity index (χ3n) is 3.75. The van der Waals surface area contributed by atoms with Gasteiger partial charge in [-0.1, -0.05) is 29.8 Å². The van der Waals surface area contributed by atoms with Crippen molar-refractivity contribution in [3.8, 4) is 5.75 Å². The highest BCUT2D eigenvalue weighted by molar-refractivity contribution is 5.73. The molecule has 0 atom stereocenters. The summed E-state index contributed by atoms with van der Waals surface area (Å²) in [5.74, 6) is -0.126. The lowest BCUT2D eigenvalue weighted by atomic mass is 10.2. The van der Waals surface area contributed by atoms with Gasteiger partial charge in [0.05, 0.1) is 11.9 Å². The zero-order valence-corrected chi connectivity index (χ0v) is 13.9. The molecule has 2 aromatic carbocycles. The van der Waals surface area contributed by atoms with Gasteiger partial charge in [0, 0.05) is 6.54 Å². The number of hydrogen-bond donors (Lipinski definition) is 0. The maximum Gasteiger partial charge on any atom is 0.419 e. The van der Waals surface area contributed by atoms with Crippen LogP contribution in [0.3, 0.4) is 0 Å². The Morgan fingerprint density at radius 1 is 1.08 bits per heavy atom. The van der Waals surface area contributed by atoms with E-state index in [9.17, 15) is 9.59 Å². The van der Waals surface area contributed by atoms with Crippen molar-refractivity contribution < 1.29 is 18.7 Å². The predicted molar refractivity (Wildman–Crippen MR) is 92.7 cm³/mol. The number of carbonyl (C=O) groups is 1. The van der Waals surface area contributed by atoms with Crippen molar-refractivity contribution in [1.82, 2.24) is 4.57 Å². The van der Waals surface area contributed by atoms with Crippen molar-refractivity contribution in [3.63, 3.8) is 0 Å². The van der Waals surface area contributed by atoms with E-state index in [2.05, 4.69) is 0 Å². The van der Waals surface area contributed by atoms with Gasteiger partial charge in [-0.3, -0.25) is 9.36 Å². The number of nitrogens with zero attached hydrogens (tertiary/aromatic N) is 1. The minimum atomic E-state index is -0.475. The van der Waals surface area contributed by atoms with Crippen LogP contribution in [0.4, 0.5) is 0 Å². The molecule has 1 heterocycles. The molecule has 1 aromatic heterocycles. The zero-order valence-electron chi connectivity index (χ0n) is 13.9. The summed E-state index contributed by atoms with van der Waals surface area (Å²) in [6, 6.07) is 14.7. The molecule has 0 aliphatic carbocycles. The Balaban J connectivity index is 1.44. The second-order valence-electron chi connectivity index (χ2n) is 5.62. The van der Waals surface area contributed by atoms with Gasteiger partial charge < -0.3 is 13.9 Å². The molecule has 0 saturated heterocycles. The highest BCUT2D eigenvalue weighted by Gasteiger charge is 2.11. The SMILES string of the molecule is Cc1ccc(OCCOC(=O)CCn2c(=O)oc3ccccc32)cc1. The Labute approximate surface area is 144 Å². The summed E-state index contributed by atoms with van der Waals surface area (Å²) in [4.78, 5) is 23.6. The van der Waals surface area contributed by atoms with Crippen molar-refractivity contribution in [3.05, 3.63) is 64.6 Å². The Morgan fingerprint density at radius 2 is 1.84 bits per heavy atom. The van der Waals surface area contributed by atoms with E-state index in [4.69, 9.17) is 13.9 Å². The number of ether oxygens (including phenoxy) is 2. The standard InChI is InChI=1S/C19H19NO5/c1-14-6-8-15(9-7-14)23-12-13-24-18(21)10-11-20-16-4-2-3-5-17(16)25-19(20)22/h2-9H,10-13H2,1H3. The summed E-state index contributed by atoms with van der Waals surface area (Å²) in [5, 5.41) is 0. The number of aromatic nitrogens is 1. The summed E-state index contributed by atoms with van der Waals surface area (Å²) in [5.41, 5.74) is 2.33. The van der Waals surface area contributed by atoms with Gasteiger partial charge in [0.25, 0.3) is 0 Å². The highest BCUT2D eigenvalue weighted by atomic mass is 16.6. The topological polar surface area (TPSA) is 70.7 Å². The van der Waals surface area contributed by atoms with Crippen LogP contribution in [0.15, 0.2) is 57.7 Å². The van der Waals surface area contributed by atoms with Crippen LogP contribution in [0, 0.1) is 6.92 Å².